The monoisotopic (exact) mass is 375 g/mol. The van der Waals surface area contributed by atoms with Gasteiger partial charge in [-0.3, -0.25) is 0 Å². The first kappa shape index (κ1) is 20.1. The third-order valence-corrected chi connectivity index (χ3v) is 4.84. The summed E-state index contributed by atoms with van der Waals surface area (Å²) < 4.78 is 10.6. The SMILES string of the molecule is C/C1=C\C=C/C(=O)OC(C)Cc2nc(cs2)[C@@H](C)C/C=C/C(=O)OCC1. The number of thiazole rings is 1. The lowest BCUT2D eigenvalue weighted by molar-refractivity contribution is -0.142. The van der Waals surface area contributed by atoms with Crippen LogP contribution in [0.5, 0.6) is 0 Å². The highest BCUT2D eigenvalue weighted by Crippen LogP contribution is 2.23. The lowest BCUT2D eigenvalue weighted by atomic mass is 10.1. The summed E-state index contributed by atoms with van der Waals surface area (Å²) in [5.41, 5.74) is 2.00. The summed E-state index contributed by atoms with van der Waals surface area (Å²) in [5, 5.41) is 2.96. The van der Waals surface area contributed by atoms with Crippen molar-refractivity contribution in [3.63, 3.8) is 0 Å². The Bertz CT molecular complexity index is 717. The van der Waals surface area contributed by atoms with E-state index in [1.54, 1.807) is 17.4 Å². The van der Waals surface area contributed by atoms with Crippen LogP contribution in [0.25, 0.3) is 0 Å². The number of cyclic esters (lactones) is 2. The van der Waals surface area contributed by atoms with Crippen LogP contribution in [0.2, 0.25) is 0 Å². The highest BCUT2D eigenvalue weighted by Gasteiger charge is 2.13. The molecule has 0 saturated heterocycles. The quantitative estimate of drug-likeness (QED) is 0.638. The third kappa shape index (κ3) is 6.96. The van der Waals surface area contributed by atoms with Crippen LogP contribution in [0.3, 0.4) is 0 Å². The van der Waals surface area contributed by atoms with Gasteiger partial charge in [-0.25, -0.2) is 14.6 Å². The first-order chi connectivity index (χ1) is 12.4. The molecule has 1 aliphatic rings. The Balaban J connectivity index is 2.11. The topological polar surface area (TPSA) is 65.5 Å². The molecule has 0 N–H and O–H groups in total. The summed E-state index contributed by atoms with van der Waals surface area (Å²) in [6, 6.07) is 0. The second-order valence-corrected chi connectivity index (χ2v) is 7.39. The molecule has 1 aromatic rings. The summed E-state index contributed by atoms with van der Waals surface area (Å²) in [4.78, 5) is 28.2. The van der Waals surface area contributed by atoms with Gasteiger partial charge in [0.2, 0.25) is 0 Å². The van der Waals surface area contributed by atoms with Crippen molar-refractivity contribution in [1.29, 1.82) is 0 Å². The van der Waals surface area contributed by atoms with E-state index in [-0.39, 0.29) is 24.0 Å². The normalized spacial score (nSPS) is 27.7. The second-order valence-electron chi connectivity index (χ2n) is 6.45. The Morgan fingerprint density at radius 2 is 2.00 bits per heavy atom. The molecule has 2 rings (SSSR count). The van der Waals surface area contributed by atoms with Crippen LogP contribution in [0.15, 0.2) is 41.3 Å². The van der Waals surface area contributed by atoms with Gasteiger partial charge in [-0.2, -0.15) is 0 Å². The van der Waals surface area contributed by atoms with Gasteiger partial charge in [-0.05, 0) is 20.3 Å². The predicted octanol–water partition coefficient (Wildman–Crippen LogP) is 4.12. The fraction of sp³-hybridized carbons (Fsp3) is 0.450. The minimum absolute atomic E-state index is 0.206. The number of carbonyl (C=O) groups excluding carboxylic acids is 2. The van der Waals surface area contributed by atoms with Gasteiger partial charge in [0.25, 0.3) is 0 Å². The molecule has 0 spiro atoms. The van der Waals surface area contributed by atoms with E-state index in [4.69, 9.17) is 9.47 Å². The van der Waals surface area contributed by atoms with Gasteiger partial charge in [0.15, 0.2) is 0 Å². The van der Waals surface area contributed by atoms with Gasteiger partial charge in [-0.15, -0.1) is 11.3 Å². The summed E-state index contributed by atoms with van der Waals surface area (Å²) >= 11 is 1.56. The number of allylic oxidation sites excluding steroid dienone is 3. The van der Waals surface area contributed by atoms with Crippen molar-refractivity contribution < 1.29 is 19.1 Å². The smallest absolute Gasteiger partial charge is 0.331 e. The van der Waals surface area contributed by atoms with E-state index >= 15 is 0 Å². The summed E-state index contributed by atoms with van der Waals surface area (Å²) in [7, 11) is 0. The van der Waals surface area contributed by atoms with Crippen LogP contribution in [-0.4, -0.2) is 29.6 Å². The Labute approximate surface area is 158 Å². The minimum Gasteiger partial charge on any atom is -0.462 e. The van der Waals surface area contributed by atoms with E-state index in [1.165, 1.54) is 12.2 Å². The number of nitrogens with zero attached hydrogens (tertiary/aromatic N) is 1. The molecule has 0 radical (unpaired) electrons. The van der Waals surface area contributed by atoms with E-state index in [1.807, 2.05) is 31.4 Å². The summed E-state index contributed by atoms with van der Waals surface area (Å²) in [6.07, 6.45) is 9.87. The van der Waals surface area contributed by atoms with Crippen molar-refractivity contribution in [2.24, 2.45) is 0 Å². The van der Waals surface area contributed by atoms with Crippen molar-refractivity contribution in [2.45, 2.75) is 52.1 Å². The fourth-order valence-corrected chi connectivity index (χ4v) is 3.43. The van der Waals surface area contributed by atoms with Crippen molar-refractivity contribution in [1.82, 2.24) is 4.98 Å². The van der Waals surface area contributed by atoms with Crippen molar-refractivity contribution in [3.8, 4) is 0 Å². The van der Waals surface area contributed by atoms with Crippen molar-refractivity contribution in [2.75, 3.05) is 6.61 Å². The lowest BCUT2D eigenvalue weighted by Gasteiger charge is -2.10. The maximum atomic E-state index is 11.9. The Kier molecular flexibility index (Phi) is 7.78. The predicted molar refractivity (Wildman–Crippen MR) is 102 cm³/mol. The Hall–Kier alpha value is -2.21. The molecule has 0 saturated carbocycles. The van der Waals surface area contributed by atoms with Crippen LogP contribution >= 0.6 is 11.3 Å². The molecule has 1 aliphatic heterocycles. The number of aromatic nitrogens is 1. The van der Waals surface area contributed by atoms with E-state index in [2.05, 4.69) is 11.9 Å². The average Bonchev–Trinajstić information content (AvgIpc) is 3.02. The minimum atomic E-state index is -0.375. The second kappa shape index (κ2) is 10.1. The van der Waals surface area contributed by atoms with Crippen LogP contribution in [0.1, 0.15) is 50.2 Å². The molecule has 0 amide bonds. The van der Waals surface area contributed by atoms with Gasteiger partial charge < -0.3 is 9.47 Å². The zero-order valence-corrected chi connectivity index (χ0v) is 16.3. The van der Waals surface area contributed by atoms with E-state index in [0.717, 1.165) is 16.3 Å². The molecule has 2 heterocycles. The van der Waals surface area contributed by atoms with Gasteiger partial charge in [0, 0.05) is 36.3 Å². The Morgan fingerprint density at radius 1 is 1.19 bits per heavy atom. The molecule has 1 unspecified atom stereocenters. The Morgan fingerprint density at radius 3 is 2.81 bits per heavy atom. The lowest BCUT2D eigenvalue weighted by Crippen LogP contribution is -2.15. The van der Waals surface area contributed by atoms with E-state index < -0.39 is 0 Å². The number of carbonyl (C=O) groups is 2. The number of ether oxygens (including phenoxy) is 2. The van der Waals surface area contributed by atoms with Gasteiger partial charge in [0.05, 0.1) is 17.3 Å². The van der Waals surface area contributed by atoms with E-state index in [9.17, 15) is 9.59 Å². The first-order valence-corrected chi connectivity index (χ1v) is 9.64. The maximum Gasteiger partial charge on any atom is 0.331 e. The highest BCUT2D eigenvalue weighted by molar-refractivity contribution is 7.09. The number of fused-ring (bicyclic) bond motifs is 2. The molecule has 6 heteroatoms. The fourth-order valence-electron chi connectivity index (χ4n) is 2.39. The summed E-state index contributed by atoms with van der Waals surface area (Å²) in [6.45, 7) is 6.17. The standard InChI is InChI=1S/C20H25NO4S/c1-14-6-4-9-20(23)25-16(3)12-18-21-17(13-26-18)15(2)7-5-8-19(22)24-11-10-14/h4-6,8-9,13,15-16H,7,10-12H2,1-3H3/b8-5+,9-4-,14-6+/t15-,16?/m0/s1. The number of esters is 2. The van der Waals surface area contributed by atoms with Crippen LogP contribution < -0.4 is 0 Å². The molecular weight excluding hydrogens is 350 g/mol. The van der Waals surface area contributed by atoms with Crippen molar-refractivity contribution >= 4 is 23.3 Å². The van der Waals surface area contributed by atoms with Crippen molar-refractivity contribution in [3.05, 3.63) is 52.0 Å². The first-order valence-electron chi connectivity index (χ1n) is 8.76. The average molecular weight is 375 g/mol. The number of hydrogen-bond acceptors (Lipinski definition) is 6. The number of hydrogen-bond donors (Lipinski definition) is 0. The summed E-state index contributed by atoms with van der Waals surface area (Å²) in [5.74, 6) is -0.507. The van der Waals surface area contributed by atoms with Crippen LogP contribution in [0.4, 0.5) is 0 Å². The molecule has 2 atom stereocenters. The maximum absolute atomic E-state index is 11.9. The largest absolute Gasteiger partial charge is 0.462 e. The molecule has 140 valence electrons. The molecular formula is C20H25NO4S. The molecule has 1 aromatic heterocycles. The zero-order chi connectivity index (χ0) is 18.9. The molecule has 0 aliphatic carbocycles. The number of rotatable bonds is 0. The molecule has 0 fully saturated rings. The van der Waals surface area contributed by atoms with Crippen LogP contribution in [0, 0.1) is 0 Å². The van der Waals surface area contributed by atoms with Gasteiger partial charge in [-0.1, -0.05) is 30.7 Å². The highest BCUT2D eigenvalue weighted by atomic mass is 32.1. The molecule has 2 bridgehead atoms. The molecule has 26 heavy (non-hydrogen) atoms. The third-order valence-electron chi connectivity index (χ3n) is 3.95. The van der Waals surface area contributed by atoms with E-state index in [0.29, 0.717) is 25.9 Å². The molecule has 5 nitrogen and oxygen atoms in total. The van der Waals surface area contributed by atoms with Gasteiger partial charge in [0.1, 0.15) is 6.10 Å². The molecule has 0 aromatic carbocycles. The van der Waals surface area contributed by atoms with Crippen LogP contribution in [-0.2, 0) is 25.5 Å². The van der Waals surface area contributed by atoms with Gasteiger partial charge >= 0.3 is 11.9 Å². The zero-order valence-electron chi connectivity index (χ0n) is 15.4.